The summed E-state index contributed by atoms with van der Waals surface area (Å²) < 4.78 is 10.5. The van der Waals surface area contributed by atoms with Gasteiger partial charge in [0.15, 0.2) is 12.2 Å². The fourth-order valence-corrected chi connectivity index (χ4v) is 3.20. The number of rotatable bonds is 7. The standard InChI is InChI=1S/C19H17ClN2O4S/c1-12(13-5-4-6-14(20)9-13)21-17(23)10-25-18(24)11-27-19-22-15-7-2-3-8-16(15)26-19/h2-9,12H,10-11H2,1H3,(H,21,23)/t12-/m0/s1. The average Bonchev–Trinajstić information content (AvgIpc) is 3.07. The fraction of sp³-hybridized carbons (Fsp3) is 0.211. The van der Waals surface area contributed by atoms with E-state index < -0.39 is 5.97 Å². The molecule has 3 aromatic rings. The fourth-order valence-electron chi connectivity index (χ4n) is 2.36. The van der Waals surface area contributed by atoms with Crippen LogP contribution in [0.3, 0.4) is 0 Å². The van der Waals surface area contributed by atoms with Gasteiger partial charge in [-0.25, -0.2) is 4.98 Å². The Labute approximate surface area is 165 Å². The van der Waals surface area contributed by atoms with Crippen molar-refractivity contribution in [2.45, 2.75) is 18.2 Å². The predicted molar refractivity (Wildman–Crippen MR) is 104 cm³/mol. The number of amides is 1. The molecule has 0 spiro atoms. The largest absolute Gasteiger partial charge is 0.455 e. The Balaban J connectivity index is 1.42. The van der Waals surface area contributed by atoms with Gasteiger partial charge in [0, 0.05) is 5.02 Å². The van der Waals surface area contributed by atoms with Gasteiger partial charge in [-0.15, -0.1) is 0 Å². The number of fused-ring (bicyclic) bond motifs is 1. The molecule has 1 heterocycles. The van der Waals surface area contributed by atoms with Gasteiger partial charge in [0.05, 0.1) is 6.04 Å². The van der Waals surface area contributed by atoms with E-state index in [1.54, 1.807) is 18.2 Å². The van der Waals surface area contributed by atoms with E-state index in [9.17, 15) is 9.59 Å². The van der Waals surface area contributed by atoms with Crippen molar-refractivity contribution >= 4 is 46.3 Å². The molecule has 0 saturated heterocycles. The molecule has 6 nitrogen and oxygen atoms in total. The molecule has 0 radical (unpaired) electrons. The zero-order valence-corrected chi connectivity index (χ0v) is 16.0. The molecule has 1 atom stereocenters. The number of halogens is 1. The molecule has 1 aromatic heterocycles. The number of carbonyl (C=O) groups is 2. The second kappa shape index (κ2) is 8.92. The SMILES string of the molecule is C[C@H](NC(=O)COC(=O)CSc1nc2ccccc2o1)c1cccc(Cl)c1. The number of esters is 1. The first-order valence-corrected chi connectivity index (χ1v) is 9.56. The number of nitrogens with one attached hydrogen (secondary N) is 1. The maximum absolute atomic E-state index is 11.9. The molecule has 3 rings (SSSR count). The number of hydrogen-bond acceptors (Lipinski definition) is 6. The Kier molecular flexibility index (Phi) is 6.36. The van der Waals surface area contributed by atoms with E-state index in [4.69, 9.17) is 20.8 Å². The number of nitrogens with zero attached hydrogens (tertiary/aromatic N) is 1. The monoisotopic (exact) mass is 404 g/mol. The van der Waals surface area contributed by atoms with E-state index in [0.717, 1.165) is 22.8 Å². The van der Waals surface area contributed by atoms with Crippen molar-refractivity contribution in [2.24, 2.45) is 0 Å². The molecule has 0 aliphatic rings. The van der Waals surface area contributed by atoms with Gasteiger partial charge >= 0.3 is 5.97 Å². The number of aromatic nitrogens is 1. The van der Waals surface area contributed by atoms with Crippen molar-refractivity contribution in [3.63, 3.8) is 0 Å². The Hall–Kier alpha value is -2.51. The second-order valence-corrected chi connectivity index (χ2v) is 7.10. The number of thioether (sulfide) groups is 1. The quantitative estimate of drug-likeness (QED) is 0.473. The third-order valence-corrected chi connectivity index (χ3v) is 4.71. The lowest BCUT2D eigenvalue weighted by molar-refractivity contribution is -0.146. The first-order valence-electron chi connectivity index (χ1n) is 8.20. The molecule has 0 bridgehead atoms. The smallest absolute Gasteiger partial charge is 0.316 e. The van der Waals surface area contributed by atoms with Gasteiger partial charge in [0.25, 0.3) is 11.1 Å². The first-order chi connectivity index (χ1) is 13.0. The summed E-state index contributed by atoms with van der Waals surface area (Å²) in [6.07, 6.45) is 0. The highest BCUT2D eigenvalue weighted by atomic mass is 35.5. The van der Waals surface area contributed by atoms with Gasteiger partial charge in [-0.1, -0.05) is 47.6 Å². The van der Waals surface area contributed by atoms with Crippen molar-refractivity contribution in [2.75, 3.05) is 12.4 Å². The molecule has 0 fully saturated rings. The van der Waals surface area contributed by atoms with Gasteiger partial charge in [-0.2, -0.15) is 0 Å². The normalized spacial score (nSPS) is 11.9. The molecule has 140 valence electrons. The molecule has 1 amide bonds. The van der Waals surface area contributed by atoms with Crippen LogP contribution < -0.4 is 5.32 Å². The summed E-state index contributed by atoms with van der Waals surface area (Å²) in [7, 11) is 0. The maximum Gasteiger partial charge on any atom is 0.316 e. The van der Waals surface area contributed by atoms with Gasteiger partial charge in [-0.05, 0) is 36.8 Å². The molecule has 0 saturated carbocycles. The number of carbonyl (C=O) groups excluding carboxylic acids is 2. The van der Waals surface area contributed by atoms with Crippen LogP contribution in [0.25, 0.3) is 11.1 Å². The number of benzene rings is 2. The summed E-state index contributed by atoms with van der Waals surface area (Å²) in [5.41, 5.74) is 2.25. The second-order valence-electron chi connectivity index (χ2n) is 5.74. The summed E-state index contributed by atoms with van der Waals surface area (Å²) in [5.74, 6) is -0.903. The summed E-state index contributed by atoms with van der Waals surface area (Å²) in [6, 6.07) is 14.3. The van der Waals surface area contributed by atoms with E-state index >= 15 is 0 Å². The van der Waals surface area contributed by atoms with Crippen LogP contribution in [0.15, 0.2) is 58.2 Å². The minimum Gasteiger partial charge on any atom is -0.455 e. The minimum atomic E-state index is -0.521. The first kappa shape index (κ1) is 19.3. The maximum atomic E-state index is 11.9. The molecule has 2 aromatic carbocycles. The van der Waals surface area contributed by atoms with E-state index in [-0.39, 0.29) is 24.3 Å². The number of oxazole rings is 1. The van der Waals surface area contributed by atoms with Crippen molar-refractivity contribution in [1.82, 2.24) is 10.3 Å². The van der Waals surface area contributed by atoms with Crippen LogP contribution in [0.2, 0.25) is 5.02 Å². The highest BCUT2D eigenvalue weighted by molar-refractivity contribution is 7.99. The molecule has 1 N–H and O–H groups in total. The van der Waals surface area contributed by atoms with Crippen LogP contribution >= 0.6 is 23.4 Å². The molecular formula is C19H17ClN2O4S. The predicted octanol–water partition coefficient (Wildman–Crippen LogP) is 3.99. The highest BCUT2D eigenvalue weighted by Crippen LogP contribution is 2.23. The van der Waals surface area contributed by atoms with Crippen LogP contribution in [0.1, 0.15) is 18.5 Å². The average molecular weight is 405 g/mol. The zero-order chi connectivity index (χ0) is 19.2. The van der Waals surface area contributed by atoms with Crippen LogP contribution in [0, 0.1) is 0 Å². The Morgan fingerprint density at radius 3 is 2.85 bits per heavy atom. The molecule has 8 heteroatoms. The summed E-state index contributed by atoms with van der Waals surface area (Å²) in [5, 5.41) is 3.73. The van der Waals surface area contributed by atoms with Crippen LogP contribution in [-0.4, -0.2) is 29.2 Å². The van der Waals surface area contributed by atoms with Crippen molar-refractivity contribution < 1.29 is 18.7 Å². The van der Waals surface area contributed by atoms with Crippen LogP contribution in [0.4, 0.5) is 0 Å². The van der Waals surface area contributed by atoms with E-state index in [2.05, 4.69) is 10.3 Å². The molecule has 0 aliphatic carbocycles. The van der Waals surface area contributed by atoms with E-state index in [0.29, 0.717) is 15.8 Å². The van der Waals surface area contributed by atoms with Crippen LogP contribution in [-0.2, 0) is 14.3 Å². The van der Waals surface area contributed by atoms with E-state index in [1.165, 1.54) is 0 Å². The molecule has 0 aliphatic heterocycles. The third kappa shape index (κ3) is 5.48. The van der Waals surface area contributed by atoms with Crippen molar-refractivity contribution in [3.05, 3.63) is 59.1 Å². The topological polar surface area (TPSA) is 81.4 Å². The minimum absolute atomic E-state index is 0.00392. The van der Waals surface area contributed by atoms with Gasteiger partial charge in [0.1, 0.15) is 11.3 Å². The molecule has 0 unspecified atom stereocenters. The number of hydrogen-bond donors (Lipinski definition) is 1. The van der Waals surface area contributed by atoms with E-state index in [1.807, 2.05) is 37.3 Å². The summed E-state index contributed by atoms with van der Waals surface area (Å²) in [6.45, 7) is 1.48. The van der Waals surface area contributed by atoms with Crippen molar-refractivity contribution in [1.29, 1.82) is 0 Å². The third-order valence-electron chi connectivity index (χ3n) is 3.68. The number of para-hydroxylation sites is 2. The summed E-state index contributed by atoms with van der Waals surface area (Å²) >= 11 is 7.06. The summed E-state index contributed by atoms with van der Waals surface area (Å²) in [4.78, 5) is 28.0. The Bertz CT molecular complexity index is 927. The lowest BCUT2D eigenvalue weighted by Gasteiger charge is -2.14. The van der Waals surface area contributed by atoms with Gasteiger partial charge in [-0.3, -0.25) is 9.59 Å². The lowest BCUT2D eigenvalue weighted by Crippen LogP contribution is -2.31. The van der Waals surface area contributed by atoms with Gasteiger partial charge < -0.3 is 14.5 Å². The molecule has 27 heavy (non-hydrogen) atoms. The Morgan fingerprint density at radius 2 is 2.07 bits per heavy atom. The lowest BCUT2D eigenvalue weighted by atomic mass is 10.1. The van der Waals surface area contributed by atoms with Crippen LogP contribution in [0.5, 0.6) is 0 Å². The molecular weight excluding hydrogens is 388 g/mol. The Morgan fingerprint density at radius 1 is 1.26 bits per heavy atom. The zero-order valence-electron chi connectivity index (χ0n) is 14.5. The van der Waals surface area contributed by atoms with Gasteiger partial charge in [0.2, 0.25) is 0 Å². The highest BCUT2D eigenvalue weighted by Gasteiger charge is 2.14. The number of ether oxygens (including phenoxy) is 1. The van der Waals surface area contributed by atoms with Crippen molar-refractivity contribution in [3.8, 4) is 0 Å².